The Bertz CT molecular complexity index is 848. The minimum absolute atomic E-state index is 0.118. The number of amides is 3. The maximum Gasteiger partial charge on any atom is 0.326 e. The third-order valence-electron chi connectivity index (χ3n) is 5.49. The molecule has 2 N–H and O–H groups in total. The summed E-state index contributed by atoms with van der Waals surface area (Å²) in [6.45, 7) is 2.88. The fourth-order valence-corrected chi connectivity index (χ4v) is 3.84. The summed E-state index contributed by atoms with van der Waals surface area (Å²) in [5.41, 5.74) is 2.37. The van der Waals surface area contributed by atoms with Gasteiger partial charge in [-0.3, -0.25) is 9.69 Å². The summed E-state index contributed by atoms with van der Waals surface area (Å²) in [6.07, 6.45) is 5.99. The molecule has 0 heterocycles. The van der Waals surface area contributed by atoms with Crippen molar-refractivity contribution in [2.75, 3.05) is 23.3 Å². The minimum Gasteiger partial charge on any atom is -0.356 e. The summed E-state index contributed by atoms with van der Waals surface area (Å²) in [5.74, 6) is -0.110. The standard InChI is InChI=1S/C24H30FN3O2/c1-18-7-5-10-21(17-18)27-24(30)28(22-13-11-20(25)12-14-22)16-6-15-26-23(29)19-8-3-2-4-9-19/h5,7,10-14,17,19H,2-4,6,8-9,15-16H2,1H3,(H,26,29)(H,27,30). The lowest BCUT2D eigenvalue weighted by atomic mass is 9.89. The molecule has 1 aliphatic carbocycles. The van der Waals surface area contributed by atoms with E-state index in [-0.39, 0.29) is 23.7 Å². The fourth-order valence-electron chi connectivity index (χ4n) is 3.84. The first-order valence-corrected chi connectivity index (χ1v) is 10.7. The van der Waals surface area contributed by atoms with Crippen LogP contribution in [0.3, 0.4) is 0 Å². The number of nitrogens with one attached hydrogen (secondary N) is 2. The van der Waals surface area contributed by atoms with E-state index >= 15 is 0 Å². The Morgan fingerprint density at radius 3 is 2.50 bits per heavy atom. The molecule has 30 heavy (non-hydrogen) atoms. The van der Waals surface area contributed by atoms with Crippen molar-refractivity contribution in [3.63, 3.8) is 0 Å². The molecule has 1 aliphatic rings. The van der Waals surface area contributed by atoms with Gasteiger partial charge in [-0.1, -0.05) is 31.4 Å². The summed E-state index contributed by atoms with van der Waals surface area (Å²) in [4.78, 5) is 26.8. The molecule has 2 aromatic rings. The first-order chi connectivity index (χ1) is 14.5. The molecule has 2 aromatic carbocycles. The number of hydrogen-bond donors (Lipinski definition) is 2. The summed E-state index contributed by atoms with van der Waals surface area (Å²) in [6, 6.07) is 13.1. The zero-order valence-corrected chi connectivity index (χ0v) is 17.5. The lowest BCUT2D eigenvalue weighted by Crippen LogP contribution is -2.38. The van der Waals surface area contributed by atoms with Crippen LogP contribution in [0, 0.1) is 18.7 Å². The molecule has 160 valence electrons. The molecular formula is C24H30FN3O2. The molecule has 0 saturated heterocycles. The van der Waals surface area contributed by atoms with Crippen LogP contribution in [0.1, 0.15) is 44.1 Å². The van der Waals surface area contributed by atoms with Gasteiger partial charge in [0.15, 0.2) is 0 Å². The lowest BCUT2D eigenvalue weighted by molar-refractivity contribution is -0.125. The average molecular weight is 412 g/mol. The molecule has 3 rings (SSSR count). The highest BCUT2D eigenvalue weighted by molar-refractivity contribution is 6.01. The largest absolute Gasteiger partial charge is 0.356 e. The topological polar surface area (TPSA) is 61.4 Å². The predicted molar refractivity (Wildman–Crippen MR) is 118 cm³/mol. The molecule has 3 amide bonds. The SMILES string of the molecule is Cc1cccc(NC(=O)N(CCCNC(=O)C2CCCCC2)c2ccc(F)cc2)c1. The van der Waals surface area contributed by atoms with Crippen LogP contribution in [0.25, 0.3) is 0 Å². The minimum atomic E-state index is -0.350. The van der Waals surface area contributed by atoms with Crippen LogP contribution in [0.5, 0.6) is 0 Å². The van der Waals surface area contributed by atoms with Gasteiger partial charge in [0.05, 0.1) is 0 Å². The van der Waals surface area contributed by atoms with Gasteiger partial charge in [0.2, 0.25) is 5.91 Å². The van der Waals surface area contributed by atoms with Crippen molar-refractivity contribution in [3.05, 3.63) is 59.9 Å². The molecule has 1 fully saturated rings. The Morgan fingerprint density at radius 2 is 1.80 bits per heavy atom. The second-order valence-electron chi connectivity index (χ2n) is 7.91. The Labute approximate surface area is 177 Å². The zero-order valence-electron chi connectivity index (χ0n) is 17.5. The van der Waals surface area contributed by atoms with Gasteiger partial charge in [0.1, 0.15) is 5.82 Å². The van der Waals surface area contributed by atoms with Gasteiger partial charge in [-0.15, -0.1) is 0 Å². The number of urea groups is 1. The fraction of sp³-hybridized carbons (Fsp3) is 0.417. The van der Waals surface area contributed by atoms with Gasteiger partial charge < -0.3 is 10.6 Å². The van der Waals surface area contributed by atoms with Crippen molar-refractivity contribution in [1.82, 2.24) is 5.32 Å². The highest BCUT2D eigenvalue weighted by Crippen LogP contribution is 2.23. The van der Waals surface area contributed by atoms with Crippen LogP contribution >= 0.6 is 0 Å². The number of benzene rings is 2. The van der Waals surface area contributed by atoms with Crippen LogP contribution < -0.4 is 15.5 Å². The predicted octanol–water partition coefficient (Wildman–Crippen LogP) is 5.26. The van der Waals surface area contributed by atoms with Crippen molar-refractivity contribution < 1.29 is 14.0 Å². The summed E-state index contributed by atoms with van der Waals surface area (Å²) in [7, 11) is 0. The highest BCUT2D eigenvalue weighted by atomic mass is 19.1. The third kappa shape index (κ3) is 6.31. The van der Waals surface area contributed by atoms with E-state index in [0.717, 1.165) is 31.2 Å². The second kappa shape index (κ2) is 10.8. The maximum atomic E-state index is 13.3. The third-order valence-corrected chi connectivity index (χ3v) is 5.49. The van der Waals surface area contributed by atoms with Gasteiger partial charge in [0, 0.05) is 30.4 Å². The molecule has 6 heteroatoms. The smallest absolute Gasteiger partial charge is 0.326 e. The van der Waals surface area contributed by atoms with Crippen LogP contribution in [0.15, 0.2) is 48.5 Å². The van der Waals surface area contributed by atoms with E-state index in [1.54, 1.807) is 17.0 Å². The highest BCUT2D eigenvalue weighted by Gasteiger charge is 2.21. The van der Waals surface area contributed by atoms with Crippen molar-refractivity contribution in [1.29, 1.82) is 0 Å². The van der Waals surface area contributed by atoms with E-state index in [1.165, 1.54) is 18.6 Å². The van der Waals surface area contributed by atoms with Gasteiger partial charge in [-0.2, -0.15) is 0 Å². The molecule has 0 spiro atoms. The molecular weight excluding hydrogens is 381 g/mol. The zero-order chi connectivity index (χ0) is 21.3. The molecule has 0 aromatic heterocycles. The van der Waals surface area contributed by atoms with Crippen LogP contribution in [-0.2, 0) is 4.79 Å². The number of carbonyl (C=O) groups excluding carboxylic acids is 2. The van der Waals surface area contributed by atoms with Crippen LogP contribution in [-0.4, -0.2) is 25.0 Å². The number of anilines is 2. The summed E-state index contributed by atoms with van der Waals surface area (Å²) >= 11 is 0. The van der Waals surface area contributed by atoms with E-state index in [0.29, 0.717) is 30.9 Å². The molecule has 0 atom stereocenters. The number of halogens is 1. The monoisotopic (exact) mass is 411 g/mol. The van der Waals surface area contributed by atoms with E-state index < -0.39 is 0 Å². The Balaban J connectivity index is 1.59. The Kier molecular flexibility index (Phi) is 7.82. The number of hydrogen-bond acceptors (Lipinski definition) is 2. The lowest BCUT2D eigenvalue weighted by Gasteiger charge is -2.24. The normalized spacial score (nSPS) is 14.2. The molecule has 0 radical (unpaired) electrons. The van der Waals surface area contributed by atoms with Crippen LogP contribution in [0.4, 0.5) is 20.6 Å². The quantitative estimate of drug-likeness (QED) is 0.611. The van der Waals surface area contributed by atoms with Gasteiger partial charge in [-0.25, -0.2) is 9.18 Å². The first kappa shape index (κ1) is 21.8. The van der Waals surface area contributed by atoms with Crippen LogP contribution in [0.2, 0.25) is 0 Å². The summed E-state index contributed by atoms with van der Waals surface area (Å²) in [5, 5.41) is 5.91. The molecule has 0 unspecified atom stereocenters. The van der Waals surface area contributed by atoms with E-state index in [4.69, 9.17) is 0 Å². The number of carbonyl (C=O) groups is 2. The van der Waals surface area contributed by atoms with Crippen molar-refractivity contribution in [2.24, 2.45) is 5.92 Å². The Morgan fingerprint density at radius 1 is 1.07 bits per heavy atom. The first-order valence-electron chi connectivity index (χ1n) is 10.7. The number of nitrogens with zero attached hydrogens (tertiary/aromatic N) is 1. The second-order valence-corrected chi connectivity index (χ2v) is 7.91. The van der Waals surface area contributed by atoms with Crippen molar-refractivity contribution >= 4 is 23.3 Å². The molecule has 0 bridgehead atoms. The van der Waals surface area contributed by atoms with E-state index in [1.807, 2.05) is 31.2 Å². The average Bonchev–Trinajstić information content (AvgIpc) is 2.75. The van der Waals surface area contributed by atoms with E-state index in [2.05, 4.69) is 10.6 Å². The Hall–Kier alpha value is -2.89. The molecule has 1 saturated carbocycles. The van der Waals surface area contributed by atoms with Gasteiger partial charge >= 0.3 is 6.03 Å². The molecule has 0 aliphatic heterocycles. The maximum absolute atomic E-state index is 13.3. The van der Waals surface area contributed by atoms with E-state index in [9.17, 15) is 14.0 Å². The number of rotatable bonds is 7. The van der Waals surface area contributed by atoms with Crippen molar-refractivity contribution in [2.45, 2.75) is 45.4 Å². The number of aryl methyl sites for hydroxylation is 1. The van der Waals surface area contributed by atoms with Gasteiger partial charge in [0.25, 0.3) is 0 Å². The van der Waals surface area contributed by atoms with Gasteiger partial charge in [-0.05, 0) is 68.1 Å². The van der Waals surface area contributed by atoms with Crippen molar-refractivity contribution in [3.8, 4) is 0 Å². The molecule has 5 nitrogen and oxygen atoms in total. The summed E-state index contributed by atoms with van der Waals surface area (Å²) < 4.78 is 13.3.